The van der Waals surface area contributed by atoms with E-state index in [1.165, 1.54) is 12.3 Å². The van der Waals surface area contributed by atoms with E-state index in [0.29, 0.717) is 10.7 Å². The summed E-state index contributed by atoms with van der Waals surface area (Å²) in [7, 11) is 0. The largest absolute Gasteiger partial charge is 0.481 e. The quantitative estimate of drug-likeness (QED) is 0.802. The van der Waals surface area contributed by atoms with Crippen molar-refractivity contribution < 1.29 is 14.7 Å². The maximum Gasteiger partial charge on any atom is 0.305 e. The molecule has 2 N–H and O–H groups in total. The highest BCUT2D eigenvalue weighted by atomic mass is 35.5. The molecular formula is C12H15ClN2O3. The van der Waals surface area contributed by atoms with E-state index in [9.17, 15) is 9.59 Å². The third-order valence-electron chi connectivity index (χ3n) is 2.51. The van der Waals surface area contributed by atoms with Gasteiger partial charge in [0, 0.05) is 12.2 Å². The van der Waals surface area contributed by atoms with Gasteiger partial charge in [0.05, 0.1) is 12.0 Å². The lowest BCUT2D eigenvalue weighted by molar-refractivity contribution is -0.137. The Labute approximate surface area is 110 Å². The number of nitrogens with one attached hydrogen (secondary N) is 1. The fourth-order valence-corrected chi connectivity index (χ4v) is 1.52. The highest BCUT2D eigenvalue weighted by Crippen LogP contribution is 2.09. The first kappa shape index (κ1) is 14.4. The molecule has 1 atom stereocenters. The van der Waals surface area contributed by atoms with Gasteiger partial charge in [-0.15, -0.1) is 0 Å². The number of nitrogens with zero attached hydrogens (tertiary/aromatic N) is 1. The number of carbonyl (C=O) groups excluding carboxylic acids is 1. The first-order valence-electron chi connectivity index (χ1n) is 5.54. The Bertz CT molecular complexity index is 431. The number of halogens is 1. The molecule has 5 nitrogen and oxygen atoms in total. The summed E-state index contributed by atoms with van der Waals surface area (Å²) in [5.41, 5.74) is 0.357. The van der Waals surface area contributed by atoms with Gasteiger partial charge in [0.25, 0.3) is 5.91 Å². The minimum absolute atomic E-state index is 0.0327. The van der Waals surface area contributed by atoms with E-state index < -0.39 is 12.0 Å². The van der Waals surface area contributed by atoms with Crippen molar-refractivity contribution in [3.63, 3.8) is 0 Å². The number of carbonyl (C=O) groups is 2. The number of hydrogen-bond acceptors (Lipinski definition) is 3. The minimum Gasteiger partial charge on any atom is -0.481 e. The Kier molecular flexibility index (Phi) is 5.09. The van der Waals surface area contributed by atoms with E-state index in [2.05, 4.69) is 10.3 Å². The Morgan fingerprint density at radius 3 is 2.56 bits per heavy atom. The molecule has 18 heavy (non-hydrogen) atoms. The Morgan fingerprint density at radius 2 is 2.11 bits per heavy atom. The van der Waals surface area contributed by atoms with Gasteiger partial charge >= 0.3 is 5.97 Å². The summed E-state index contributed by atoms with van der Waals surface area (Å²) in [5, 5.41) is 11.8. The van der Waals surface area contributed by atoms with E-state index in [-0.39, 0.29) is 18.2 Å². The highest BCUT2D eigenvalue weighted by molar-refractivity contribution is 6.29. The van der Waals surface area contributed by atoms with Gasteiger partial charge in [0.1, 0.15) is 5.15 Å². The molecule has 1 rings (SSSR count). The second-order valence-corrected chi connectivity index (χ2v) is 4.68. The summed E-state index contributed by atoms with van der Waals surface area (Å²) in [6, 6.07) is 2.65. The predicted octanol–water partition coefficient (Wildman–Crippen LogP) is 1.96. The van der Waals surface area contributed by atoms with E-state index in [4.69, 9.17) is 16.7 Å². The van der Waals surface area contributed by atoms with Gasteiger partial charge in [-0.2, -0.15) is 0 Å². The molecule has 0 saturated heterocycles. The average Bonchev–Trinajstić information content (AvgIpc) is 2.28. The van der Waals surface area contributed by atoms with Gasteiger partial charge < -0.3 is 10.4 Å². The number of pyridine rings is 1. The van der Waals surface area contributed by atoms with Crippen molar-refractivity contribution in [1.82, 2.24) is 10.3 Å². The van der Waals surface area contributed by atoms with Crippen LogP contribution in [0.2, 0.25) is 5.15 Å². The van der Waals surface area contributed by atoms with Crippen molar-refractivity contribution in [3.8, 4) is 0 Å². The van der Waals surface area contributed by atoms with E-state index in [0.717, 1.165) is 0 Å². The maximum atomic E-state index is 11.9. The molecule has 1 unspecified atom stereocenters. The molecule has 0 fully saturated rings. The van der Waals surface area contributed by atoms with Gasteiger partial charge in [-0.25, -0.2) is 4.98 Å². The van der Waals surface area contributed by atoms with Gasteiger partial charge in [-0.05, 0) is 18.1 Å². The molecule has 98 valence electrons. The molecule has 1 aromatic heterocycles. The van der Waals surface area contributed by atoms with Crippen molar-refractivity contribution in [2.45, 2.75) is 26.3 Å². The topological polar surface area (TPSA) is 79.3 Å². The zero-order chi connectivity index (χ0) is 13.7. The highest BCUT2D eigenvalue weighted by Gasteiger charge is 2.20. The van der Waals surface area contributed by atoms with Crippen molar-refractivity contribution in [1.29, 1.82) is 0 Å². The lowest BCUT2D eigenvalue weighted by Gasteiger charge is -2.20. The van der Waals surface area contributed by atoms with Crippen LogP contribution in [0.25, 0.3) is 0 Å². The van der Waals surface area contributed by atoms with Gasteiger partial charge in [0.15, 0.2) is 0 Å². The molecule has 0 aliphatic carbocycles. The van der Waals surface area contributed by atoms with Crippen molar-refractivity contribution in [3.05, 3.63) is 29.0 Å². The second-order valence-electron chi connectivity index (χ2n) is 4.29. The molecule has 0 saturated carbocycles. The number of hydrogen-bond donors (Lipinski definition) is 2. The van der Waals surface area contributed by atoms with E-state index in [1.807, 2.05) is 13.8 Å². The first-order chi connectivity index (χ1) is 8.40. The molecule has 0 aromatic carbocycles. The van der Waals surface area contributed by atoms with Crippen molar-refractivity contribution in [2.75, 3.05) is 0 Å². The first-order valence-corrected chi connectivity index (χ1v) is 5.92. The lowest BCUT2D eigenvalue weighted by atomic mass is 10.0. The van der Waals surface area contributed by atoms with Crippen LogP contribution in [0.1, 0.15) is 30.6 Å². The number of rotatable bonds is 5. The van der Waals surface area contributed by atoms with Crippen LogP contribution in [0, 0.1) is 5.92 Å². The van der Waals surface area contributed by atoms with Gasteiger partial charge in [-0.3, -0.25) is 9.59 Å². The number of amides is 1. The summed E-state index contributed by atoms with van der Waals surface area (Å²) in [6.07, 6.45) is 1.25. The van der Waals surface area contributed by atoms with Crippen LogP contribution in [0.15, 0.2) is 18.3 Å². The summed E-state index contributed by atoms with van der Waals surface area (Å²) in [5.74, 6) is -1.26. The maximum absolute atomic E-state index is 11.9. The third-order valence-corrected chi connectivity index (χ3v) is 2.73. The molecular weight excluding hydrogens is 256 g/mol. The van der Waals surface area contributed by atoms with Crippen LogP contribution < -0.4 is 5.32 Å². The summed E-state index contributed by atoms with van der Waals surface area (Å²) < 4.78 is 0. The molecule has 1 amide bonds. The molecule has 0 radical (unpaired) electrons. The molecule has 0 aliphatic rings. The van der Waals surface area contributed by atoms with Gasteiger partial charge in [-0.1, -0.05) is 25.4 Å². The second kappa shape index (κ2) is 6.35. The summed E-state index contributed by atoms with van der Waals surface area (Å²) in [6.45, 7) is 3.71. The smallest absolute Gasteiger partial charge is 0.305 e. The van der Waals surface area contributed by atoms with Crippen LogP contribution in [0.5, 0.6) is 0 Å². The normalized spacial score (nSPS) is 12.2. The van der Waals surface area contributed by atoms with Crippen LogP contribution in [0.4, 0.5) is 0 Å². The van der Waals surface area contributed by atoms with Crippen molar-refractivity contribution >= 4 is 23.5 Å². The fourth-order valence-electron chi connectivity index (χ4n) is 1.40. The van der Waals surface area contributed by atoms with Gasteiger partial charge in [0.2, 0.25) is 0 Å². The monoisotopic (exact) mass is 270 g/mol. The van der Waals surface area contributed by atoms with Crippen LogP contribution in [-0.2, 0) is 4.79 Å². The van der Waals surface area contributed by atoms with E-state index in [1.54, 1.807) is 6.07 Å². The predicted molar refractivity (Wildman–Crippen MR) is 67.6 cm³/mol. The zero-order valence-corrected chi connectivity index (χ0v) is 10.9. The van der Waals surface area contributed by atoms with Crippen LogP contribution in [0.3, 0.4) is 0 Å². The standard InChI is InChI=1S/C12H15ClN2O3/c1-7(2)9(5-11(16)17)15-12(18)8-3-4-10(13)14-6-8/h3-4,6-7,9H,5H2,1-2H3,(H,15,18)(H,16,17). The SMILES string of the molecule is CC(C)C(CC(=O)O)NC(=O)c1ccc(Cl)nc1. The van der Waals surface area contributed by atoms with Crippen LogP contribution >= 0.6 is 11.6 Å². The number of aromatic nitrogens is 1. The average molecular weight is 271 g/mol. The minimum atomic E-state index is -0.941. The molecule has 0 aliphatic heterocycles. The Balaban J connectivity index is 2.72. The van der Waals surface area contributed by atoms with E-state index >= 15 is 0 Å². The number of carboxylic acid groups (broad SMARTS) is 1. The van der Waals surface area contributed by atoms with Crippen molar-refractivity contribution in [2.24, 2.45) is 5.92 Å². The fraction of sp³-hybridized carbons (Fsp3) is 0.417. The molecule has 0 spiro atoms. The Morgan fingerprint density at radius 1 is 1.44 bits per heavy atom. The molecule has 0 bridgehead atoms. The Hall–Kier alpha value is -1.62. The number of aliphatic carboxylic acids is 1. The third kappa shape index (κ3) is 4.33. The zero-order valence-electron chi connectivity index (χ0n) is 10.2. The van der Waals surface area contributed by atoms with Crippen LogP contribution in [-0.4, -0.2) is 28.0 Å². The number of carboxylic acids is 1. The molecule has 6 heteroatoms. The lowest BCUT2D eigenvalue weighted by Crippen LogP contribution is -2.40. The summed E-state index contributed by atoms with van der Waals surface area (Å²) in [4.78, 5) is 26.4. The summed E-state index contributed by atoms with van der Waals surface area (Å²) >= 11 is 5.62. The molecule has 1 aromatic rings. The molecule has 1 heterocycles.